The number of likely N-dealkylation sites (tertiary alicyclic amines) is 1. The molecule has 2 aliphatic rings. The molecular formula is C18H27ClN2O3. The predicted octanol–water partition coefficient (Wildman–Crippen LogP) is 2.37. The SMILES string of the molecule is CNC1CCCN(C(=O)C(C)(C)c2ccc3c(c2)OCCO3)C1.Cl. The molecule has 1 unspecified atom stereocenters. The second-order valence-corrected chi connectivity index (χ2v) is 6.86. The van der Waals surface area contributed by atoms with Crippen molar-refractivity contribution < 1.29 is 14.3 Å². The molecule has 0 aliphatic carbocycles. The quantitative estimate of drug-likeness (QED) is 0.905. The van der Waals surface area contributed by atoms with E-state index in [1.807, 2.05) is 44.0 Å². The second-order valence-electron chi connectivity index (χ2n) is 6.86. The molecule has 134 valence electrons. The third-order valence-electron chi connectivity index (χ3n) is 4.92. The normalized spacial score (nSPS) is 20.3. The number of benzene rings is 1. The highest BCUT2D eigenvalue weighted by Gasteiger charge is 2.36. The molecule has 3 rings (SSSR count). The smallest absolute Gasteiger partial charge is 0.232 e. The van der Waals surface area contributed by atoms with Crippen molar-refractivity contribution in [2.75, 3.05) is 33.4 Å². The Labute approximate surface area is 150 Å². The first-order chi connectivity index (χ1) is 11.0. The number of hydrogen-bond acceptors (Lipinski definition) is 4. The van der Waals surface area contributed by atoms with Gasteiger partial charge in [0, 0.05) is 19.1 Å². The minimum Gasteiger partial charge on any atom is -0.486 e. The van der Waals surface area contributed by atoms with Gasteiger partial charge in [0.2, 0.25) is 5.91 Å². The van der Waals surface area contributed by atoms with Gasteiger partial charge in [0.1, 0.15) is 13.2 Å². The van der Waals surface area contributed by atoms with Gasteiger partial charge in [-0.25, -0.2) is 0 Å². The van der Waals surface area contributed by atoms with E-state index in [9.17, 15) is 4.79 Å². The zero-order valence-corrected chi connectivity index (χ0v) is 15.4. The molecule has 1 fully saturated rings. The first-order valence-electron chi connectivity index (χ1n) is 8.39. The molecule has 0 radical (unpaired) electrons. The number of nitrogens with one attached hydrogen (secondary N) is 1. The number of piperidine rings is 1. The van der Waals surface area contributed by atoms with Gasteiger partial charge in [-0.3, -0.25) is 4.79 Å². The molecule has 5 nitrogen and oxygen atoms in total. The summed E-state index contributed by atoms with van der Waals surface area (Å²) in [5.41, 5.74) is 0.393. The monoisotopic (exact) mass is 354 g/mol. The third-order valence-corrected chi connectivity index (χ3v) is 4.92. The number of carbonyl (C=O) groups is 1. The van der Waals surface area contributed by atoms with E-state index in [1.165, 1.54) is 0 Å². The lowest BCUT2D eigenvalue weighted by molar-refractivity contribution is -0.137. The number of likely N-dealkylation sites (N-methyl/N-ethyl adjacent to an activating group) is 1. The van der Waals surface area contributed by atoms with Gasteiger partial charge in [0.05, 0.1) is 5.41 Å². The van der Waals surface area contributed by atoms with E-state index < -0.39 is 5.41 Å². The van der Waals surface area contributed by atoms with Crippen LogP contribution in [0.15, 0.2) is 18.2 Å². The topological polar surface area (TPSA) is 50.8 Å². The summed E-state index contributed by atoms with van der Waals surface area (Å²) in [6.45, 7) is 6.73. The molecular weight excluding hydrogens is 328 g/mol. The van der Waals surface area contributed by atoms with Crippen LogP contribution in [0, 0.1) is 0 Å². The van der Waals surface area contributed by atoms with Gasteiger partial charge >= 0.3 is 0 Å². The number of halogens is 1. The average Bonchev–Trinajstić information content (AvgIpc) is 2.60. The van der Waals surface area contributed by atoms with Gasteiger partial charge in [0.25, 0.3) is 0 Å². The molecule has 0 bridgehead atoms. The fourth-order valence-corrected chi connectivity index (χ4v) is 3.35. The average molecular weight is 355 g/mol. The lowest BCUT2D eigenvalue weighted by Gasteiger charge is -2.38. The highest BCUT2D eigenvalue weighted by Crippen LogP contribution is 2.36. The number of ether oxygens (including phenoxy) is 2. The van der Waals surface area contributed by atoms with Crippen LogP contribution in [0.4, 0.5) is 0 Å². The summed E-state index contributed by atoms with van der Waals surface area (Å²) in [5.74, 6) is 1.67. The summed E-state index contributed by atoms with van der Waals surface area (Å²) < 4.78 is 11.2. The van der Waals surface area contributed by atoms with Crippen molar-refractivity contribution in [2.24, 2.45) is 0 Å². The van der Waals surface area contributed by atoms with Crippen molar-refractivity contribution in [2.45, 2.75) is 38.1 Å². The van der Waals surface area contributed by atoms with Crippen LogP contribution in [-0.4, -0.2) is 50.2 Å². The Hall–Kier alpha value is -1.46. The van der Waals surface area contributed by atoms with Crippen LogP contribution in [-0.2, 0) is 10.2 Å². The minimum absolute atomic E-state index is 0. The number of hydrogen-bond donors (Lipinski definition) is 1. The maximum Gasteiger partial charge on any atom is 0.232 e. The van der Waals surface area contributed by atoms with E-state index in [2.05, 4.69) is 5.32 Å². The molecule has 0 aromatic heterocycles. The summed E-state index contributed by atoms with van der Waals surface area (Å²) in [5, 5.41) is 3.29. The van der Waals surface area contributed by atoms with Gasteiger partial charge in [-0.2, -0.15) is 0 Å². The molecule has 0 saturated carbocycles. The Morgan fingerprint density at radius 1 is 1.25 bits per heavy atom. The molecule has 1 aromatic rings. The Balaban J connectivity index is 0.00000208. The predicted molar refractivity (Wildman–Crippen MR) is 96.4 cm³/mol. The molecule has 0 spiro atoms. The summed E-state index contributed by atoms with van der Waals surface area (Å²) in [6, 6.07) is 6.23. The molecule has 2 aliphatic heterocycles. The first-order valence-corrected chi connectivity index (χ1v) is 8.39. The van der Waals surface area contributed by atoms with Gasteiger partial charge < -0.3 is 19.7 Å². The number of carbonyl (C=O) groups excluding carboxylic acids is 1. The van der Waals surface area contributed by atoms with Crippen LogP contribution in [0.2, 0.25) is 0 Å². The van der Waals surface area contributed by atoms with Crippen molar-refractivity contribution in [3.05, 3.63) is 23.8 Å². The molecule has 1 atom stereocenters. The van der Waals surface area contributed by atoms with Crippen molar-refractivity contribution in [1.82, 2.24) is 10.2 Å². The molecule has 1 aromatic carbocycles. The largest absolute Gasteiger partial charge is 0.486 e. The molecule has 6 heteroatoms. The summed E-state index contributed by atoms with van der Waals surface area (Å²) in [7, 11) is 1.96. The van der Waals surface area contributed by atoms with Crippen molar-refractivity contribution in [1.29, 1.82) is 0 Å². The van der Waals surface area contributed by atoms with Gasteiger partial charge in [-0.15, -0.1) is 12.4 Å². The van der Waals surface area contributed by atoms with Crippen LogP contribution < -0.4 is 14.8 Å². The van der Waals surface area contributed by atoms with E-state index in [0.717, 1.165) is 43.0 Å². The highest BCUT2D eigenvalue weighted by molar-refractivity contribution is 5.87. The Morgan fingerprint density at radius 2 is 1.96 bits per heavy atom. The van der Waals surface area contributed by atoms with Crippen molar-refractivity contribution in [3.8, 4) is 11.5 Å². The fraction of sp³-hybridized carbons (Fsp3) is 0.611. The third kappa shape index (κ3) is 3.62. The second kappa shape index (κ2) is 7.62. The van der Waals surface area contributed by atoms with E-state index in [4.69, 9.17) is 9.47 Å². The van der Waals surface area contributed by atoms with Crippen molar-refractivity contribution >= 4 is 18.3 Å². The summed E-state index contributed by atoms with van der Waals surface area (Å²) in [6.07, 6.45) is 2.18. The Kier molecular flexibility index (Phi) is 5.99. The van der Waals surface area contributed by atoms with E-state index in [-0.39, 0.29) is 18.3 Å². The van der Waals surface area contributed by atoms with Crippen LogP contribution in [0.3, 0.4) is 0 Å². The molecule has 1 saturated heterocycles. The van der Waals surface area contributed by atoms with Gasteiger partial charge in [-0.05, 0) is 51.4 Å². The van der Waals surface area contributed by atoms with E-state index in [1.54, 1.807) is 0 Å². The Bertz CT molecular complexity index is 592. The van der Waals surface area contributed by atoms with Crippen LogP contribution >= 0.6 is 12.4 Å². The molecule has 1 amide bonds. The minimum atomic E-state index is -0.578. The highest BCUT2D eigenvalue weighted by atomic mass is 35.5. The maximum atomic E-state index is 13.1. The lowest BCUT2D eigenvalue weighted by atomic mass is 9.82. The number of rotatable bonds is 3. The van der Waals surface area contributed by atoms with Crippen LogP contribution in [0.1, 0.15) is 32.3 Å². The first kappa shape index (κ1) is 18.9. The molecule has 1 N–H and O–H groups in total. The van der Waals surface area contributed by atoms with Gasteiger partial charge in [0.15, 0.2) is 11.5 Å². The number of fused-ring (bicyclic) bond motifs is 1. The summed E-state index contributed by atoms with van der Waals surface area (Å²) in [4.78, 5) is 15.1. The lowest BCUT2D eigenvalue weighted by Crippen LogP contribution is -2.51. The number of nitrogens with zero attached hydrogens (tertiary/aromatic N) is 1. The number of amides is 1. The fourth-order valence-electron chi connectivity index (χ4n) is 3.35. The van der Waals surface area contributed by atoms with E-state index >= 15 is 0 Å². The maximum absolute atomic E-state index is 13.1. The zero-order chi connectivity index (χ0) is 16.4. The molecule has 24 heavy (non-hydrogen) atoms. The Morgan fingerprint density at radius 3 is 2.67 bits per heavy atom. The summed E-state index contributed by atoms with van der Waals surface area (Å²) >= 11 is 0. The van der Waals surface area contributed by atoms with Crippen LogP contribution in [0.5, 0.6) is 11.5 Å². The van der Waals surface area contributed by atoms with E-state index in [0.29, 0.717) is 19.3 Å². The van der Waals surface area contributed by atoms with Crippen LogP contribution in [0.25, 0.3) is 0 Å². The van der Waals surface area contributed by atoms with Crippen molar-refractivity contribution in [3.63, 3.8) is 0 Å². The molecule has 2 heterocycles. The van der Waals surface area contributed by atoms with Gasteiger partial charge in [-0.1, -0.05) is 6.07 Å². The standard InChI is InChI=1S/C18H26N2O3.ClH/c1-18(2,17(21)20-8-4-5-14(12-20)19-3)13-6-7-15-16(11-13)23-10-9-22-15;/h6-7,11,14,19H,4-5,8-10,12H2,1-3H3;1H. The zero-order valence-electron chi connectivity index (χ0n) is 14.6.